The number of para-hydroxylation sites is 4. The molecule has 0 spiro atoms. The second-order valence-electron chi connectivity index (χ2n) is 13.5. The van der Waals surface area contributed by atoms with Gasteiger partial charge in [-0.2, -0.15) is 0 Å². The lowest BCUT2D eigenvalue weighted by Gasteiger charge is -2.20. The molecule has 0 aliphatic rings. The molecule has 0 aliphatic carbocycles. The molecule has 0 atom stereocenters. The first-order valence-electron chi connectivity index (χ1n) is 18.4. The number of fused-ring (bicyclic) bond motifs is 2. The van der Waals surface area contributed by atoms with Gasteiger partial charge in [-0.25, -0.2) is 0 Å². The van der Waals surface area contributed by atoms with Crippen LogP contribution in [0.15, 0.2) is 170 Å². The number of phenols is 2. The number of aromatic hydroxyl groups is 2. The molecule has 0 unspecified atom stereocenters. The van der Waals surface area contributed by atoms with E-state index < -0.39 is 11.7 Å². The van der Waals surface area contributed by atoms with Gasteiger partial charge in [0.15, 0.2) is 0 Å². The first-order valence-corrected chi connectivity index (χ1v) is 18.4. The van der Waals surface area contributed by atoms with Gasteiger partial charge in [0.05, 0.1) is 11.3 Å². The van der Waals surface area contributed by atoms with Crippen LogP contribution in [0.25, 0.3) is 32.7 Å². The third-order valence-electron chi connectivity index (χ3n) is 9.61. The zero-order valence-electron chi connectivity index (χ0n) is 30.9. The largest absolute Gasteiger partial charge is 0.507 e. The second-order valence-corrected chi connectivity index (χ2v) is 13.5. The van der Waals surface area contributed by atoms with Crippen molar-refractivity contribution >= 4 is 62.0 Å². The van der Waals surface area contributed by atoms with Crippen molar-refractivity contribution in [3.63, 3.8) is 0 Å². The molecule has 0 heterocycles. The summed E-state index contributed by atoms with van der Waals surface area (Å²) in [4.78, 5) is 46.8. The summed E-state index contributed by atoms with van der Waals surface area (Å²) < 4.78 is 0. The van der Waals surface area contributed by atoms with Crippen LogP contribution in [0.1, 0.15) is 36.6 Å². The number of nitrogens with one attached hydrogen (secondary N) is 4. The van der Waals surface area contributed by atoms with Crippen molar-refractivity contribution in [3.8, 4) is 22.6 Å². The van der Waals surface area contributed by atoms with Crippen molar-refractivity contribution < 1.29 is 29.4 Å². The first kappa shape index (κ1) is 37.0. The van der Waals surface area contributed by atoms with Gasteiger partial charge in [-0.3, -0.25) is 24.7 Å². The fourth-order valence-electron chi connectivity index (χ4n) is 6.79. The predicted octanol–water partition coefficient (Wildman–Crippen LogP) is 10.4. The van der Waals surface area contributed by atoms with E-state index in [1.165, 1.54) is 6.07 Å². The standard InChI is InChI=1S/C48H36N4O6/c53-44-34(29-58-52-38-19-11-4-12-20-38)27-32-25-30(46(55)49-35-13-5-1-6-14-35)21-23-39(32)42(44)43-40-24-22-31(47(56)50-36-15-7-2-8-16-36)26-33(40)28-41(45(43)54)48(57)51-37-17-9-3-10-18-37/h1-28,52-54H,29H2,(H,49,55)(H,50,56)(H,51,57). The number of hydrogen-bond donors (Lipinski definition) is 6. The lowest BCUT2D eigenvalue weighted by Crippen LogP contribution is -2.13. The van der Waals surface area contributed by atoms with Gasteiger partial charge in [-0.1, -0.05) is 84.9 Å². The quantitative estimate of drug-likeness (QED) is 0.0718. The highest BCUT2D eigenvalue weighted by atomic mass is 16.6. The van der Waals surface area contributed by atoms with Crippen LogP contribution in [0.2, 0.25) is 0 Å². The third-order valence-corrected chi connectivity index (χ3v) is 9.61. The van der Waals surface area contributed by atoms with Crippen molar-refractivity contribution in [2.75, 3.05) is 21.4 Å². The third kappa shape index (κ3) is 7.90. The maximum Gasteiger partial charge on any atom is 0.259 e. The monoisotopic (exact) mass is 764 g/mol. The van der Waals surface area contributed by atoms with Gasteiger partial charge in [0.1, 0.15) is 18.1 Å². The van der Waals surface area contributed by atoms with Gasteiger partial charge in [-0.05, 0) is 106 Å². The van der Waals surface area contributed by atoms with Crippen LogP contribution in [-0.4, -0.2) is 27.9 Å². The zero-order valence-corrected chi connectivity index (χ0v) is 30.9. The van der Waals surface area contributed by atoms with Crippen LogP contribution in [0.4, 0.5) is 22.7 Å². The maximum atomic E-state index is 14.0. The molecule has 0 fully saturated rings. The highest BCUT2D eigenvalue weighted by molar-refractivity contribution is 6.18. The molecule has 0 aliphatic heterocycles. The van der Waals surface area contributed by atoms with Gasteiger partial charge < -0.3 is 26.2 Å². The maximum absolute atomic E-state index is 14.0. The number of benzene rings is 8. The molecule has 0 saturated carbocycles. The minimum atomic E-state index is -0.610. The molecule has 0 aromatic heterocycles. The van der Waals surface area contributed by atoms with Gasteiger partial charge >= 0.3 is 0 Å². The van der Waals surface area contributed by atoms with Gasteiger partial charge in [0.25, 0.3) is 17.7 Å². The second kappa shape index (κ2) is 16.4. The number of carbonyl (C=O) groups is 3. The minimum absolute atomic E-state index is 0.0919. The Kier molecular flexibility index (Phi) is 10.5. The number of amides is 3. The highest BCUT2D eigenvalue weighted by Gasteiger charge is 2.26. The number of hydrogen-bond acceptors (Lipinski definition) is 7. The molecule has 8 aromatic rings. The summed E-state index contributed by atoms with van der Waals surface area (Å²) in [5, 5.41) is 35.0. The summed E-state index contributed by atoms with van der Waals surface area (Å²) in [6.07, 6.45) is 0. The average molecular weight is 765 g/mol. The Morgan fingerprint density at radius 2 is 0.862 bits per heavy atom. The van der Waals surface area contributed by atoms with E-state index in [0.717, 1.165) is 0 Å². The van der Waals surface area contributed by atoms with Crippen molar-refractivity contribution in [1.82, 2.24) is 0 Å². The van der Waals surface area contributed by atoms with E-state index in [9.17, 15) is 24.6 Å². The smallest absolute Gasteiger partial charge is 0.259 e. The molecular formula is C48H36N4O6. The summed E-state index contributed by atoms with van der Waals surface area (Å²) in [6.45, 7) is -0.124. The molecule has 6 N–H and O–H groups in total. The molecule has 10 heteroatoms. The molecule has 284 valence electrons. The molecule has 0 radical (unpaired) electrons. The van der Waals surface area contributed by atoms with E-state index in [0.29, 0.717) is 61.0 Å². The Hall–Kier alpha value is -7.95. The van der Waals surface area contributed by atoms with Gasteiger partial charge in [0, 0.05) is 44.9 Å². The number of rotatable bonds is 11. The summed E-state index contributed by atoms with van der Waals surface area (Å²) in [5.41, 5.74) is 6.55. The Morgan fingerprint density at radius 1 is 0.448 bits per heavy atom. The van der Waals surface area contributed by atoms with Gasteiger partial charge in [-0.15, -0.1) is 0 Å². The molecule has 3 amide bonds. The van der Waals surface area contributed by atoms with E-state index in [4.69, 9.17) is 4.84 Å². The van der Waals surface area contributed by atoms with Crippen molar-refractivity contribution in [2.45, 2.75) is 6.61 Å². The Morgan fingerprint density at radius 3 is 1.34 bits per heavy atom. The topological polar surface area (TPSA) is 149 Å². The van der Waals surface area contributed by atoms with Crippen LogP contribution in [0.5, 0.6) is 11.5 Å². The SMILES string of the molecule is O=C(Nc1ccccc1)c1ccc2c(-c3c(O)c(C(=O)Nc4ccccc4)cc4cc(C(=O)Nc5ccccc5)ccc34)c(O)c(CONc3ccccc3)cc2c1. The van der Waals surface area contributed by atoms with Crippen molar-refractivity contribution in [2.24, 2.45) is 0 Å². The van der Waals surface area contributed by atoms with Gasteiger partial charge in [0.2, 0.25) is 0 Å². The predicted molar refractivity (Wildman–Crippen MR) is 228 cm³/mol. The van der Waals surface area contributed by atoms with Crippen LogP contribution in [0, 0.1) is 0 Å². The molecule has 10 nitrogen and oxygen atoms in total. The van der Waals surface area contributed by atoms with Crippen LogP contribution >= 0.6 is 0 Å². The molecule has 0 bridgehead atoms. The molecular weight excluding hydrogens is 729 g/mol. The number of carbonyl (C=O) groups excluding carboxylic acids is 3. The first-order chi connectivity index (χ1) is 28.3. The molecule has 0 saturated heterocycles. The molecule has 8 aromatic carbocycles. The fourth-order valence-corrected chi connectivity index (χ4v) is 6.79. The van der Waals surface area contributed by atoms with Crippen LogP contribution in [-0.2, 0) is 11.4 Å². The van der Waals surface area contributed by atoms with Crippen LogP contribution in [0.3, 0.4) is 0 Å². The number of anilines is 4. The summed E-state index contributed by atoms with van der Waals surface area (Å²) >= 11 is 0. The summed E-state index contributed by atoms with van der Waals surface area (Å²) in [6, 6.07) is 49.4. The normalized spacial score (nSPS) is 10.9. The average Bonchev–Trinajstić information content (AvgIpc) is 3.25. The fraction of sp³-hybridized carbons (Fsp3) is 0.0208. The van der Waals surface area contributed by atoms with Crippen molar-refractivity contribution in [3.05, 3.63) is 192 Å². The number of phenolic OH excluding ortho intramolecular Hbond substituents is 2. The summed E-state index contributed by atoms with van der Waals surface area (Å²) in [7, 11) is 0. The van der Waals surface area contributed by atoms with Crippen molar-refractivity contribution in [1.29, 1.82) is 0 Å². The minimum Gasteiger partial charge on any atom is -0.507 e. The Labute approximate surface area is 333 Å². The Balaban J connectivity index is 1.30. The van der Waals surface area contributed by atoms with E-state index >= 15 is 0 Å². The zero-order chi connectivity index (χ0) is 40.0. The van der Waals surface area contributed by atoms with E-state index in [1.54, 1.807) is 91.0 Å². The lowest BCUT2D eigenvalue weighted by atomic mass is 9.87. The van der Waals surface area contributed by atoms with Crippen LogP contribution < -0.4 is 21.4 Å². The van der Waals surface area contributed by atoms with E-state index in [2.05, 4.69) is 21.4 Å². The molecule has 8 rings (SSSR count). The Bertz CT molecular complexity index is 2800. The molecule has 58 heavy (non-hydrogen) atoms. The van der Waals surface area contributed by atoms with E-state index in [-0.39, 0.29) is 40.9 Å². The van der Waals surface area contributed by atoms with E-state index in [1.807, 2.05) is 72.8 Å². The highest BCUT2D eigenvalue weighted by Crippen LogP contribution is 2.48. The summed E-state index contributed by atoms with van der Waals surface area (Å²) in [5.74, 6) is -1.95. The lowest BCUT2D eigenvalue weighted by molar-refractivity contribution is 0.101.